The standard InChI is InChI=1S/C45H32N8O2/c1-3-7-35-33(18-20-37(45(35)55)51-53-38-21-16-29-12-11-28-9-6-23-46-40(28)42(29)48-38)26(2)32-24-31-14-13-30-17-22-39(49-43(30)41(31)47-25-32)52-50-36-19-15-27-8-4-5-10-34(27)44(36)54/h3-25,30,43,54-55H,2H2,1H3/b7-3-,52-50?,53-51?/t30-,43?/m1/s1. The van der Waals surface area contributed by atoms with Crippen molar-refractivity contribution in [2.75, 3.05) is 0 Å². The summed E-state index contributed by atoms with van der Waals surface area (Å²) in [6.07, 6.45) is 15.2. The number of hydrogen-bond donors (Lipinski definition) is 2. The zero-order valence-electron chi connectivity index (χ0n) is 29.6. The van der Waals surface area contributed by atoms with E-state index in [1.54, 1.807) is 30.6 Å². The highest BCUT2D eigenvalue weighted by Crippen LogP contribution is 2.42. The van der Waals surface area contributed by atoms with Crippen LogP contribution in [0.4, 0.5) is 17.2 Å². The molecule has 4 heterocycles. The number of aliphatic imine (C=N–C) groups is 1. The molecule has 0 amide bonds. The van der Waals surface area contributed by atoms with E-state index in [1.165, 1.54) is 0 Å². The number of azo groups is 2. The molecule has 9 rings (SSSR count). The van der Waals surface area contributed by atoms with Crippen molar-refractivity contribution < 1.29 is 10.2 Å². The molecule has 7 aromatic rings. The average molecular weight is 717 g/mol. The van der Waals surface area contributed by atoms with Crippen LogP contribution in [0.25, 0.3) is 50.3 Å². The molecular formula is C45H32N8O2. The molecule has 0 saturated heterocycles. The average Bonchev–Trinajstić information content (AvgIpc) is 3.23. The number of dihydropyridines is 1. The Bertz CT molecular complexity index is 2910. The van der Waals surface area contributed by atoms with Gasteiger partial charge in [0.2, 0.25) is 0 Å². The Hall–Kier alpha value is -7.46. The van der Waals surface area contributed by atoms with E-state index in [1.807, 2.05) is 110 Å². The first-order valence-electron chi connectivity index (χ1n) is 17.8. The smallest absolute Gasteiger partial charge is 0.175 e. The third kappa shape index (κ3) is 6.15. The van der Waals surface area contributed by atoms with E-state index in [0.29, 0.717) is 39.6 Å². The van der Waals surface area contributed by atoms with E-state index in [4.69, 9.17) is 15.0 Å². The molecule has 10 heteroatoms. The van der Waals surface area contributed by atoms with Crippen molar-refractivity contribution in [2.45, 2.75) is 13.0 Å². The number of amidine groups is 1. The van der Waals surface area contributed by atoms with E-state index in [2.05, 4.69) is 38.1 Å². The summed E-state index contributed by atoms with van der Waals surface area (Å²) in [4.78, 5) is 19.0. The van der Waals surface area contributed by atoms with Crippen LogP contribution in [0.1, 0.15) is 40.9 Å². The number of fused-ring (bicyclic) bond motifs is 7. The van der Waals surface area contributed by atoms with E-state index in [-0.39, 0.29) is 23.5 Å². The maximum atomic E-state index is 11.5. The first kappa shape index (κ1) is 33.4. The summed E-state index contributed by atoms with van der Waals surface area (Å²) >= 11 is 0. The molecule has 0 fully saturated rings. The maximum Gasteiger partial charge on any atom is 0.175 e. The van der Waals surface area contributed by atoms with Crippen molar-refractivity contribution in [2.24, 2.45) is 31.4 Å². The number of hydrogen-bond acceptors (Lipinski definition) is 10. The van der Waals surface area contributed by atoms with Gasteiger partial charge in [-0.3, -0.25) is 15.0 Å². The highest BCUT2D eigenvalue weighted by Gasteiger charge is 2.29. The normalized spacial score (nSPS) is 16.4. The zero-order valence-corrected chi connectivity index (χ0v) is 29.6. The zero-order chi connectivity index (χ0) is 37.5. The first-order valence-corrected chi connectivity index (χ1v) is 17.8. The van der Waals surface area contributed by atoms with Gasteiger partial charge in [0.15, 0.2) is 23.2 Å². The van der Waals surface area contributed by atoms with Crippen LogP contribution in [-0.2, 0) is 0 Å². The molecular weight excluding hydrogens is 685 g/mol. The fraction of sp³-hybridized carbons (Fsp3) is 0.0667. The number of rotatable bonds is 6. The summed E-state index contributed by atoms with van der Waals surface area (Å²) in [6.45, 7) is 6.30. The van der Waals surface area contributed by atoms with Gasteiger partial charge in [-0.1, -0.05) is 91.6 Å². The number of benzene rings is 4. The van der Waals surface area contributed by atoms with Crippen molar-refractivity contribution in [1.29, 1.82) is 0 Å². The quantitative estimate of drug-likeness (QED) is 0.130. The van der Waals surface area contributed by atoms with Crippen LogP contribution < -0.4 is 0 Å². The molecule has 0 bridgehead atoms. The Morgan fingerprint density at radius 3 is 2.38 bits per heavy atom. The van der Waals surface area contributed by atoms with Crippen molar-refractivity contribution in [3.05, 3.63) is 162 Å². The van der Waals surface area contributed by atoms with E-state index in [0.717, 1.165) is 49.6 Å². The molecule has 264 valence electrons. The summed E-state index contributed by atoms with van der Waals surface area (Å²) in [5, 5.41) is 43.3. The van der Waals surface area contributed by atoms with Crippen LogP contribution in [0.15, 0.2) is 160 Å². The predicted octanol–water partition coefficient (Wildman–Crippen LogP) is 11.7. The SMILES string of the molecule is C=C(c1cnc2c(c1)C=C[C@@H]1C=CC(N=Nc3ccc4ccccc4c3O)=NC21)c1ccc(N=Nc2ccc3ccc4cccnc4c3n2)c(O)c1/C=C\C. The molecule has 3 aromatic heterocycles. The number of nitrogens with zero attached hydrogens (tertiary/aromatic N) is 8. The monoisotopic (exact) mass is 716 g/mol. The van der Waals surface area contributed by atoms with Crippen LogP contribution in [-0.4, -0.2) is 31.0 Å². The third-order valence-corrected chi connectivity index (χ3v) is 9.85. The Balaban J connectivity index is 0.979. The molecule has 0 spiro atoms. The molecule has 4 aromatic carbocycles. The predicted molar refractivity (Wildman–Crippen MR) is 218 cm³/mol. The first-order chi connectivity index (χ1) is 26.9. The lowest BCUT2D eigenvalue weighted by molar-refractivity contribution is 0.475. The molecule has 55 heavy (non-hydrogen) atoms. The summed E-state index contributed by atoms with van der Waals surface area (Å²) < 4.78 is 0. The summed E-state index contributed by atoms with van der Waals surface area (Å²) in [6, 6.07) is 28.2. The van der Waals surface area contributed by atoms with Crippen molar-refractivity contribution in [3.8, 4) is 11.5 Å². The van der Waals surface area contributed by atoms with Gasteiger partial charge in [0.1, 0.15) is 17.4 Å². The van der Waals surface area contributed by atoms with Gasteiger partial charge in [0, 0.05) is 45.6 Å². The summed E-state index contributed by atoms with van der Waals surface area (Å²) in [5.74, 6) is 0.914. The minimum absolute atomic E-state index is 0.0165. The lowest BCUT2D eigenvalue weighted by Crippen LogP contribution is -2.18. The van der Waals surface area contributed by atoms with Gasteiger partial charge in [0.25, 0.3) is 0 Å². The number of pyridine rings is 3. The van der Waals surface area contributed by atoms with Gasteiger partial charge >= 0.3 is 0 Å². The highest BCUT2D eigenvalue weighted by molar-refractivity contribution is 6.03. The Labute approximate surface area is 315 Å². The van der Waals surface area contributed by atoms with E-state index >= 15 is 0 Å². The molecule has 2 aliphatic rings. The number of aromatic nitrogens is 3. The minimum atomic E-state index is -0.286. The van der Waals surface area contributed by atoms with Gasteiger partial charge in [-0.25, -0.2) is 4.98 Å². The van der Waals surface area contributed by atoms with Gasteiger partial charge < -0.3 is 10.2 Å². The Morgan fingerprint density at radius 1 is 0.745 bits per heavy atom. The fourth-order valence-electron chi connectivity index (χ4n) is 7.03. The van der Waals surface area contributed by atoms with Crippen LogP contribution in [0.5, 0.6) is 11.5 Å². The summed E-state index contributed by atoms with van der Waals surface area (Å²) in [7, 11) is 0. The molecule has 1 aliphatic heterocycles. The molecule has 1 unspecified atom stereocenters. The van der Waals surface area contributed by atoms with Crippen molar-refractivity contribution in [1.82, 2.24) is 15.0 Å². The van der Waals surface area contributed by atoms with E-state index in [9.17, 15) is 10.2 Å². The van der Waals surface area contributed by atoms with Gasteiger partial charge in [-0.2, -0.15) is 0 Å². The minimum Gasteiger partial charge on any atom is -0.505 e. The van der Waals surface area contributed by atoms with Crippen LogP contribution in [0.3, 0.4) is 0 Å². The lowest BCUT2D eigenvalue weighted by atomic mass is 9.85. The summed E-state index contributed by atoms with van der Waals surface area (Å²) in [5.41, 5.74) is 6.70. The lowest BCUT2D eigenvalue weighted by Gasteiger charge is -2.26. The second-order valence-corrected chi connectivity index (χ2v) is 13.2. The van der Waals surface area contributed by atoms with Gasteiger partial charge in [0.05, 0.1) is 16.7 Å². The number of aromatic hydroxyl groups is 2. The maximum absolute atomic E-state index is 11.5. The molecule has 10 nitrogen and oxygen atoms in total. The Kier molecular flexibility index (Phi) is 8.39. The number of phenols is 2. The van der Waals surface area contributed by atoms with Crippen molar-refractivity contribution >= 4 is 73.3 Å². The molecule has 0 saturated carbocycles. The van der Waals surface area contributed by atoms with Gasteiger partial charge in [-0.05, 0) is 71.5 Å². The number of allylic oxidation sites excluding steroid dienone is 1. The second-order valence-electron chi connectivity index (χ2n) is 13.2. The van der Waals surface area contributed by atoms with E-state index < -0.39 is 0 Å². The highest BCUT2D eigenvalue weighted by atomic mass is 16.3. The molecule has 2 N–H and O–H groups in total. The van der Waals surface area contributed by atoms with Crippen LogP contribution in [0, 0.1) is 5.92 Å². The third-order valence-electron chi connectivity index (χ3n) is 9.85. The fourth-order valence-corrected chi connectivity index (χ4v) is 7.03. The van der Waals surface area contributed by atoms with Crippen molar-refractivity contribution in [3.63, 3.8) is 0 Å². The van der Waals surface area contributed by atoms with Crippen LogP contribution in [0.2, 0.25) is 0 Å². The molecule has 1 aliphatic carbocycles. The topological polar surface area (TPSA) is 141 Å². The van der Waals surface area contributed by atoms with Gasteiger partial charge in [-0.15, -0.1) is 20.5 Å². The Morgan fingerprint density at radius 2 is 1.49 bits per heavy atom. The molecule has 0 radical (unpaired) electrons. The second kappa shape index (κ2) is 13.8. The number of phenolic OH excluding ortho intramolecular Hbond substituents is 2. The molecule has 2 atom stereocenters. The largest absolute Gasteiger partial charge is 0.505 e. The van der Waals surface area contributed by atoms with Crippen LogP contribution >= 0.6 is 0 Å².